The number of carbonyl (C=O) groups is 1. The molecule has 0 bridgehead atoms. The molecular weight excluding hydrogens is 210 g/mol. The van der Waals surface area contributed by atoms with Gasteiger partial charge in [-0.05, 0) is 44.5 Å². The molecule has 0 unspecified atom stereocenters. The van der Waals surface area contributed by atoms with Gasteiger partial charge in [0.2, 0.25) is 0 Å². The Bertz CT molecular complexity index is 386. The Morgan fingerprint density at radius 1 is 1.12 bits per heavy atom. The number of hydrogen-bond donors (Lipinski definition) is 0. The quantitative estimate of drug-likeness (QED) is 0.743. The van der Waals surface area contributed by atoms with E-state index in [1.54, 1.807) is 0 Å². The molecule has 2 rings (SSSR count). The van der Waals surface area contributed by atoms with Gasteiger partial charge >= 0.3 is 0 Å². The van der Waals surface area contributed by atoms with Crippen molar-refractivity contribution in [2.75, 3.05) is 20.1 Å². The largest absolute Gasteiger partial charge is 0.306 e. The van der Waals surface area contributed by atoms with Crippen molar-refractivity contribution in [2.45, 2.75) is 12.8 Å². The Labute approximate surface area is 103 Å². The summed E-state index contributed by atoms with van der Waals surface area (Å²) in [7, 11) is 2.18. The van der Waals surface area contributed by atoms with Crippen molar-refractivity contribution < 1.29 is 4.79 Å². The molecule has 0 aliphatic carbocycles. The van der Waals surface area contributed by atoms with Crippen LogP contribution in [0.25, 0.3) is 6.08 Å². The molecule has 0 N–H and O–H groups in total. The van der Waals surface area contributed by atoms with Gasteiger partial charge in [0.25, 0.3) is 0 Å². The summed E-state index contributed by atoms with van der Waals surface area (Å²) in [5.74, 6) is 0.706. The molecule has 0 aromatic heterocycles. The molecule has 1 aliphatic heterocycles. The van der Waals surface area contributed by atoms with Gasteiger partial charge in [0.05, 0.1) is 0 Å². The molecule has 0 atom stereocenters. The van der Waals surface area contributed by atoms with E-state index in [0.717, 1.165) is 11.8 Å². The van der Waals surface area contributed by atoms with Crippen molar-refractivity contribution in [3.05, 3.63) is 41.5 Å². The molecule has 0 amide bonds. The first kappa shape index (κ1) is 12.1. The minimum absolute atomic E-state index is 0.706. The molecule has 0 spiro atoms. The van der Waals surface area contributed by atoms with E-state index in [1.165, 1.54) is 31.5 Å². The smallest absolute Gasteiger partial charge is 0.150 e. The first-order chi connectivity index (χ1) is 8.28. The Balaban J connectivity index is 1.93. The first-order valence-electron chi connectivity index (χ1n) is 6.20. The molecule has 1 aromatic carbocycles. The maximum atomic E-state index is 10.5. The summed E-state index contributed by atoms with van der Waals surface area (Å²) in [4.78, 5) is 12.9. The van der Waals surface area contributed by atoms with Crippen LogP contribution in [0.4, 0.5) is 0 Å². The minimum atomic E-state index is 0.706. The standard InChI is InChI=1S/C15H19NO/c1-16-10-8-14(9-11-16)3-2-13-4-6-15(12-17)7-5-13/h2-7,12,14H,8-11H2,1H3/b3-2+. The Hall–Kier alpha value is -1.41. The Kier molecular flexibility index (Phi) is 4.10. The van der Waals surface area contributed by atoms with Crippen LogP contribution < -0.4 is 0 Å². The van der Waals surface area contributed by atoms with E-state index in [4.69, 9.17) is 0 Å². The molecule has 2 heteroatoms. The Morgan fingerprint density at radius 3 is 2.29 bits per heavy atom. The number of piperidine rings is 1. The summed E-state index contributed by atoms with van der Waals surface area (Å²) in [6.07, 6.45) is 7.86. The molecule has 1 aromatic rings. The zero-order valence-corrected chi connectivity index (χ0v) is 10.3. The van der Waals surface area contributed by atoms with Gasteiger partial charge in [0.15, 0.2) is 0 Å². The molecule has 1 fully saturated rings. The highest BCUT2D eigenvalue weighted by atomic mass is 16.1. The molecule has 90 valence electrons. The maximum absolute atomic E-state index is 10.5. The topological polar surface area (TPSA) is 20.3 Å². The highest BCUT2D eigenvalue weighted by Crippen LogP contribution is 2.18. The zero-order valence-electron chi connectivity index (χ0n) is 10.3. The molecule has 1 aliphatic rings. The molecular formula is C15H19NO. The third kappa shape index (κ3) is 3.53. The van der Waals surface area contributed by atoms with Crippen molar-refractivity contribution in [3.63, 3.8) is 0 Å². The van der Waals surface area contributed by atoms with E-state index in [-0.39, 0.29) is 0 Å². The van der Waals surface area contributed by atoms with E-state index >= 15 is 0 Å². The third-order valence-electron chi connectivity index (χ3n) is 3.40. The van der Waals surface area contributed by atoms with Crippen LogP contribution in [-0.2, 0) is 0 Å². The van der Waals surface area contributed by atoms with Gasteiger partial charge in [-0.2, -0.15) is 0 Å². The number of likely N-dealkylation sites (tertiary alicyclic amines) is 1. The van der Waals surface area contributed by atoms with Gasteiger partial charge in [-0.15, -0.1) is 0 Å². The number of hydrogen-bond acceptors (Lipinski definition) is 2. The summed E-state index contributed by atoms with van der Waals surface area (Å²) in [6.45, 7) is 2.39. The van der Waals surface area contributed by atoms with Crippen LogP contribution >= 0.6 is 0 Å². The SMILES string of the molecule is CN1CCC(/C=C/c2ccc(C=O)cc2)CC1. The summed E-state index contributed by atoms with van der Waals surface area (Å²) in [5, 5.41) is 0. The predicted octanol–water partition coefficient (Wildman–Crippen LogP) is 2.85. The van der Waals surface area contributed by atoms with Gasteiger partial charge in [0.1, 0.15) is 6.29 Å². The van der Waals surface area contributed by atoms with Crippen LogP contribution in [0.5, 0.6) is 0 Å². The fraction of sp³-hybridized carbons (Fsp3) is 0.400. The van der Waals surface area contributed by atoms with Crippen molar-refractivity contribution in [2.24, 2.45) is 5.92 Å². The molecule has 0 saturated carbocycles. The maximum Gasteiger partial charge on any atom is 0.150 e. The van der Waals surface area contributed by atoms with E-state index in [1.807, 2.05) is 24.3 Å². The van der Waals surface area contributed by atoms with Crippen LogP contribution in [0.3, 0.4) is 0 Å². The average molecular weight is 229 g/mol. The van der Waals surface area contributed by atoms with Gasteiger partial charge in [-0.3, -0.25) is 4.79 Å². The van der Waals surface area contributed by atoms with Crippen LogP contribution in [0.2, 0.25) is 0 Å². The van der Waals surface area contributed by atoms with Crippen molar-refractivity contribution in [1.29, 1.82) is 0 Å². The summed E-state index contributed by atoms with van der Waals surface area (Å²) in [6, 6.07) is 7.72. The summed E-state index contributed by atoms with van der Waals surface area (Å²) < 4.78 is 0. The minimum Gasteiger partial charge on any atom is -0.306 e. The second kappa shape index (κ2) is 5.78. The fourth-order valence-electron chi connectivity index (χ4n) is 2.15. The van der Waals surface area contributed by atoms with Gasteiger partial charge in [-0.25, -0.2) is 0 Å². The molecule has 0 radical (unpaired) electrons. The molecule has 17 heavy (non-hydrogen) atoms. The lowest BCUT2D eigenvalue weighted by atomic mass is 9.96. The van der Waals surface area contributed by atoms with Gasteiger partial charge < -0.3 is 4.90 Å². The van der Waals surface area contributed by atoms with E-state index in [9.17, 15) is 4.79 Å². The second-order valence-electron chi connectivity index (χ2n) is 4.78. The van der Waals surface area contributed by atoms with E-state index in [2.05, 4.69) is 24.1 Å². The number of rotatable bonds is 3. The van der Waals surface area contributed by atoms with Crippen molar-refractivity contribution in [1.82, 2.24) is 4.90 Å². The lowest BCUT2D eigenvalue weighted by Gasteiger charge is -2.26. The average Bonchev–Trinajstić information content (AvgIpc) is 2.39. The number of nitrogens with zero attached hydrogens (tertiary/aromatic N) is 1. The first-order valence-corrected chi connectivity index (χ1v) is 6.20. The molecule has 1 saturated heterocycles. The predicted molar refractivity (Wildman–Crippen MR) is 71.1 cm³/mol. The van der Waals surface area contributed by atoms with Crippen molar-refractivity contribution >= 4 is 12.4 Å². The van der Waals surface area contributed by atoms with E-state index in [0.29, 0.717) is 5.92 Å². The Morgan fingerprint density at radius 2 is 1.71 bits per heavy atom. The second-order valence-corrected chi connectivity index (χ2v) is 4.78. The normalized spacial score (nSPS) is 18.6. The number of allylic oxidation sites excluding steroid dienone is 1. The fourth-order valence-corrected chi connectivity index (χ4v) is 2.15. The van der Waals surface area contributed by atoms with Gasteiger partial charge in [0, 0.05) is 5.56 Å². The van der Waals surface area contributed by atoms with Gasteiger partial charge in [-0.1, -0.05) is 36.4 Å². The van der Waals surface area contributed by atoms with Crippen LogP contribution in [0.1, 0.15) is 28.8 Å². The molecule has 1 heterocycles. The highest BCUT2D eigenvalue weighted by Gasteiger charge is 2.13. The number of carbonyl (C=O) groups excluding carboxylic acids is 1. The van der Waals surface area contributed by atoms with Crippen LogP contribution in [0.15, 0.2) is 30.3 Å². The monoisotopic (exact) mass is 229 g/mol. The summed E-state index contributed by atoms with van der Waals surface area (Å²) in [5.41, 5.74) is 1.91. The van der Waals surface area contributed by atoms with E-state index < -0.39 is 0 Å². The van der Waals surface area contributed by atoms with Crippen LogP contribution in [0, 0.1) is 5.92 Å². The highest BCUT2D eigenvalue weighted by molar-refractivity contribution is 5.75. The lowest BCUT2D eigenvalue weighted by molar-refractivity contribution is 0.112. The van der Waals surface area contributed by atoms with Crippen LogP contribution in [-0.4, -0.2) is 31.3 Å². The number of aldehydes is 1. The third-order valence-corrected chi connectivity index (χ3v) is 3.40. The summed E-state index contributed by atoms with van der Waals surface area (Å²) >= 11 is 0. The van der Waals surface area contributed by atoms with Crippen molar-refractivity contribution in [3.8, 4) is 0 Å². The molecule has 2 nitrogen and oxygen atoms in total. The number of benzene rings is 1. The zero-order chi connectivity index (χ0) is 12.1. The lowest BCUT2D eigenvalue weighted by Crippen LogP contribution is -2.29.